The highest BCUT2D eigenvalue weighted by atomic mass is 16.5. The van der Waals surface area contributed by atoms with E-state index in [2.05, 4.69) is 5.32 Å². The molecule has 0 radical (unpaired) electrons. The summed E-state index contributed by atoms with van der Waals surface area (Å²) in [7, 11) is 3.35. The molecule has 4 nitrogen and oxygen atoms in total. The van der Waals surface area contributed by atoms with Gasteiger partial charge in [0.05, 0.1) is 20.3 Å². The Hall–Kier alpha value is -1.26. The first-order valence-corrected chi connectivity index (χ1v) is 5.84. The standard InChI is InChI=1S/C13H21NO3/c1-15-11-9-14-8-5-10-17-13-7-4-3-6-12(13)16-2/h3-4,6-7,14H,5,8-11H2,1-2H3. The first kappa shape index (κ1) is 13.8. The van der Waals surface area contributed by atoms with Crippen molar-refractivity contribution < 1.29 is 14.2 Å². The third kappa shape index (κ3) is 5.56. The zero-order valence-electron chi connectivity index (χ0n) is 10.6. The van der Waals surface area contributed by atoms with Crippen LogP contribution in [-0.4, -0.2) is 40.5 Å². The van der Waals surface area contributed by atoms with Crippen LogP contribution >= 0.6 is 0 Å². The molecule has 0 unspecified atom stereocenters. The molecule has 17 heavy (non-hydrogen) atoms. The minimum atomic E-state index is 0.681. The van der Waals surface area contributed by atoms with E-state index in [0.29, 0.717) is 6.61 Å². The Kier molecular flexibility index (Phi) is 7.18. The molecule has 1 rings (SSSR count). The first-order valence-electron chi connectivity index (χ1n) is 5.84. The molecule has 96 valence electrons. The Bertz CT molecular complexity index is 304. The lowest BCUT2D eigenvalue weighted by molar-refractivity contribution is 0.198. The molecule has 0 bridgehead atoms. The Balaban J connectivity index is 2.13. The summed E-state index contributed by atoms with van der Waals surface area (Å²) in [5.74, 6) is 1.58. The van der Waals surface area contributed by atoms with Gasteiger partial charge in [0.25, 0.3) is 0 Å². The second kappa shape index (κ2) is 8.84. The Morgan fingerprint density at radius 3 is 2.47 bits per heavy atom. The minimum absolute atomic E-state index is 0.681. The molecular formula is C13H21NO3. The highest BCUT2D eigenvalue weighted by Gasteiger charge is 2.01. The summed E-state index contributed by atoms with van der Waals surface area (Å²) in [6.07, 6.45) is 0.960. The first-order chi connectivity index (χ1) is 8.38. The van der Waals surface area contributed by atoms with Crippen LogP contribution in [0.2, 0.25) is 0 Å². The third-order valence-electron chi connectivity index (χ3n) is 2.31. The molecule has 0 aliphatic rings. The maximum absolute atomic E-state index is 5.64. The molecule has 1 N–H and O–H groups in total. The lowest BCUT2D eigenvalue weighted by Crippen LogP contribution is -2.21. The van der Waals surface area contributed by atoms with Crippen molar-refractivity contribution in [2.24, 2.45) is 0 Å². The van der Waals surface area contributed by atoms with Gasteiger partial charge in [-0.1, -0.05) is 12.1 Å². The summed E-state index contributed by atoms with van der Waals surface area (Å²) in [6, 6.07) is 7.68. The van der Waals surface area contributed by atoms with Gasteiger partial charge in [-0.3, -0.25) is 0 Å². The van der Waals surface area contributed by atoms with Gasteiger partial charge in [0.1, 0.15) is 0 Å². The van der Waals surface area contributed by atoms with Crippen molar-refractivity contribution in [2.45, 2.75) is 6.42 Å². The van der Waals surface area contributed by atoms with E-state index in [1.165, 1.54) is 0 Å². The molecule has 0 aliphatic heterocycles. The maximum atomic E-state index is 5.64. The van der Waals surface area contributed by atoms with Crippen LogP contribution < -0.4 is 14.8 Å². The Morgan fingerprint density at radius 1 is 1.00 bits per heavy atom. The molecule has 0 amide bonds. The SMILES string of the molecule is COCCNCCCOc1ccccc1OC. The normalized spacial score (nSPS) is 10.2. The van der Waals surface area contributed by atoms with E-state index in [4.69, 9.17) is 14.2 Å². The van der Waals surface area contributed by atoms with E-state index in [1.807, 2.05) is 24.3 Å². The van der Waals surface area contributed by atoms with Crippen molar-refractivity contribution in [3.05, 3.63) is 24.3 Å². The Labute approximate surface area is 103 Å². The van der Waals surface area contributed by atoms with Crippen LogP contribution in [0.3, 0.4) is 0 Å². The van der Waals surface area contributed by atoms with Gasteiger partial charge in [0.2, 0.25) is 0 Å². The second-order valence-corrected chi connectivity index (χ2v) is 3.60. The van der Waals surface area contributed by atoms with E-state index in [-0.39, 0.29) is 0 Å². The maximum Gasteiger partial charge on any atom is 0.161 e. The van der Waals surface area contributed by atoms with E-state index in [9.17, 15) is 0 Å². The third-order valence-corrected chi connectivity index (χ3v) is 2.31. The van der Waals surface area contributed by atoms with Crippen molar-refractivity contribution in [3.63, 3.8) is 0 Å². The fourth-order valence-electron chi connectivity index (χ4n) is 1.42. The van der Waals surface area contributed by atoms with Gasteiger partial charge in [-0.25, -0.2) is 0 Å². The summed E-state index contributed by atoms with van der Waals surface area (Å²) in [4.78, 5) is 0. The van der Waals surface area contributed by atoms with Crippen molar-refractivity contribution >= 4 is 0 Å². The van der Waals surface area contributed by atoms with Crippen LogP contribution in [0, 0.1) is 0 Å². The Morgan fingerprint density at radius 2 is 1.76 bits per heavy atom. The average molecular weight is 239 g/mol. The summed E-state index contributed by atoms with van der Waals surface area (Å²) in [6.45, 7) is 3.23. The molecule has 0 heterocycles. The number of benzene rings is 1. The molecule has 0 fully saturated rings. The quantitative estimate of drug-likeness (QED) is 0.666. The lowest BCUT2D eigenvalue weighted by Gasteiger charge is -2.10. The molecule has 1 aromatic rings. The van der Waals surface area contributed by atoms with Gasteiger partial charge >= 0.3 is 0 Å². The number of hydrogen-bond acceptors (Lipinski definition) is 4. The molecule has 0 aromatic heterocycles. The van der Waals surface area contributed by atoms with Crippen LogP contribution in [-0.2, 0) is 4.74 Å². The van der Waals surface area contributed by atoms with Gasteiger partial charge in [0.15, 0.2) is 11.5 Å². The monoisotopic (exact) mass is 239 g/mol. The van der Waals surface area contributed by atoms with Gasteiger partial charge in [-0.05, 0) is 25.1 Å². The molecule has 0 saturated heterocycles. The molecule has 0 aliphatic carbocycles. The van der Waals surface area contributed by atoms with Gasteiger partial charge < -0.3 is 19.5 Å². The summed E-state index contributed by atoms with van der Waals surface area (Å²) in [5.41, 5.74) is 0. The largest absolute Gasteiger partial charge is 0.493 e. The summed E-state index contributed by atoms with van der Waals surface area (Å²) in [5, 5.41) is 3.26. The summed E-state index contributed by atoms with van der Waals surface area (Å²) >= 11 is 0. The fraction of sp³-hybridized carbons (Fsp3) is 0.538. The van der Waals surface area contributed by atoms with Crippen LogP contribution in [0.25, 0.3) is 0 Å². The van der Waals surface area contributed by atoms with Crippen molar-refractivity contribution in [1.29, 1.82) is 0 Å². The predicted octanol–water partition coefficient (Wildman–Crippen LogP) is 1.70. The smallest absolute Gasteiger partial charge is 0.161 e. The highest BCUT2D eigenvalue weighted by molar-refractivity contribution is 5.39. The highest BCUT2D eigenvalue weighted by Crippen LogP contribution is 2.25. The van der Waals surface area contributed by atoms with Crippen LogP contribution in [0.5, 0.6) is 11.5 Å². The molecule has 1 aromatic carbocycles. The van der Waals surface area contributed by atoms with Gasteiger partial charge in [-0.15, -0.1) is 0 Å². The van der Waals surface area contributed by atoms with Crippen LogP contribution in [0.4, 0.5) is 0 Å². The lowest BCUT2D eigenvalue weighted by atomic mass is 10.3. The van der Waals surface area contributed by atoms with E-state index < -0.39 is 0 Å². The number of rotatable bonds is 9. The second-order valence-electron chi connectivity index (χ2n) is 3.60. The molecular weight excluding hydrogens is 218 g/mol. The fourth-order valence-corrected chi connectivity index (χ4v) is 1.42. The summed E-state index contributed by atoms with van der Waals surface area (Å²) < 4.78 is 15.8. The minimum Gasteiger partial charge on any atom is -0.493 e. The number of hydrogen-bond donors (Lipinski definition) is 1. The molecule has 0 spiro atoms. The van der Waals surface area contributed by atoms with E-state index >= 15 is 0 Å². The van der Waals surface area contributed by atoms with E-state index in [0.717, 1.165) is 37.6 Å². The predicted molar refractivity (Wildman–Crippen MR) is 67.9 cm³/mol. The number of methoxy groups -OCH3 is 2. The number of para-hydroxylation sites is 2. The van der Waals surface area contributed by atoms with Crippen molar-refractivity contribution in [3.8, 4) is 11.5 Å². The van der Waals surface area contributed by atoms with Gasteiger partial charge in [-0.2, -0.15) is 0 Å². The molecule has 4 heteroatoms. The van der Waals surface area contributed by atoms with Crippen LogP contribution in [0.1, 0.15) is 6.42 Å². The zero-order valence-corrected chi connectivity index (χ0v) is 10.6. The molecule has 0 atom stereocenters. The van der Waals surface area contributed by atoms with Crippen molar-refractivity contribution in [1.82, 2.24) is 5.32 Å². The van der Waals surface area contributed by atoms with E-state index in [1.54, 1.807) is 14.2 Å². The number of ether oxygens (including phenoxy) is 3. The zero-order chi connectivity index (χ0) is 12.3. The van der Waals surface area contributed by atoms with Crippen molar-refractivity contribution in [2.75, 3.05) is 40.5 Å². The topological polar surface area (TPSA) is 39.7 Å². The number of nitrogens with one attached hydrogen (secondary N) is 1. The average Bonchev–Trinajstić information content (AvgIpc) is 2.38. The van der Waals surface area contributed by atoms with Crippen LogP contribution in [0.15, 0.2) is 24.3 Å². The van der Waals surface area contributed by atoms with Gasteiger partial charge in [0, 0.05) is 13.7 Å². The molecule has 0 saturated carbocycles.